The number of hydrogen-bond acceptors (Lipinski definition) is 3. The summed E-state index contributed by atoms with van der Waals surface area (Å²) in [4.78, 5) is 0. The van der Waals surface area contributed by atoms with E-state index in [2.05, 4.69) is 6.92 Å². The second kappa shape index (κ2) is 6.43. The van der Waals surface area contributed by atoms with Crippen LogP contribution in [0.4, 0.5) is 0 Å². The lowest BCUT2D eigenvalue weighted by atomic mass is 10.1. The van der Waals surface area contributed by atoms with E-state index in [1.807, 2.05) is 24.3 Å². The van der Waals surface area contributed by atoms with Crippen molar-refractivity contribution in [3.8, 4) is 5.75 Å². The van der Waals surface area contributed by atoms with E-state index in [4.69, 9.17) is 10.5 Å². The highest BCUT2D eigenvalue weighted by molar-refractivity contribution is 5.27. The van der Waals surface area contributed by atoms with Crippen LogP contribution in [0.2, 0.25) is 0 Å². The fourth-order valence-electron chi connectivity index (χ4n) is 1.30. The molecule has 1 aromatic carbocycles. The van der Waals surface area contributed by atoms with Gasteiger partial charge < -0.3 is 15.6 Å². The molecule has 1 rings (SSSR count). The number of aryl methyl sites for hydroxylation is 1. The zero-order valence-electron chi connectivity index (χ0n) is 9.15. The second-order valence-corrected chi connectivity index (χ2v) is 3.59. The van der Waals surface area contributed by atoms with Gasteiger partial charge in [0.05, 0.1) is 0 Å². The van der Waals surface area contributed by atoms with E-state index in [0.717, 1.165) is 18.6 Å². The molecule has 0 bridgehead atoms. The highest BCUT2D eigenvalue weighted by Crippen LogP contribution is 2.13. The predicted molar refractivity (Wildman–Crippen MR) is 61.0 cm³/mol. The number of rotatable bonds is 6. The van der Waals surface area contributed by atoms with Gasteiger partial charge in [0.15, 0.2) is 0 Å². The van der Waals surface area contributed by atoms with Gasteiger partial charge in [-0.3, -0.25) is 0 Å². The van der Waals surface area contributed by atoms with Gasteiger partial charge in [-0.05, 0) is 24.1 Å². The fourth-order valence-corrected chi connectivity index (χ4v) is 1.30. The van der Waals surface area contributed by atoms with Crippen molar-refractivity contribution < 1.29 is 9.84 Å². The third-order valence-corrected chi connectivity index (χ3v) is 2.18. The summed E-state index contributed by atoms with van der Waals surface area (Å²) in [6.07, 6.45) is 1.65. The van der Waals surface area contributed by atoms with Gasteiger partial charge in [-0.15, -0.1) is 0 Å². The molecular weight excluding hydrogens is 190 g/mol. The van der Waals surface area contributed by atoms with Gasteiger partial charge in [-0.1, -0.05) is 25.5 Å². The van der Waals surface area contributed by atoms with Crippen LogP contribution in [0.15, 0.2) is 24.3 Å². The van der Waals surface area contributed by atoms with Gasteiger partial charge in [0.2, 0.25) is 0 Å². The van der Waals surface area contributed by atoms with Gasteiger partial charge in [-0.2, -0.15) is 0 Å². The van der Waals surface area contributed by atoms with E-state index in [1.54, 1.807) is 0 Å². The molecule has 3 nitrogen and oxygen atoms in total. The molecule has 0 heterocycles. The van der Waals surface area contributed by atoms with E-state index in [0.29, 0.717) is 0 Å². The summed E-state index contributed by atoms with van der Waals surface area (Å²) in [5.41, 5.74) is 6.58. The van der Waals surface area contributed by atoms with E-state index >= 15 is 0 Å². The van der Waals surface area contributed by atoms with Crippen molar-refractivity contribution in [3.63, 3.8) is 0 Å². The molecule has 3 N–H and O–H groups in total. The fraction of sp³-hybridized carbons (Fsp3) is 0.500. The maximum atomic E-state index is 9.21. The average Bonchev–Trinajstić information content (AvgIpc) is 2.28. The first-order chi connectivity index (χ1) is 7.26. The zero-order valence-corrected chi connectivity index (χ0v) is 9.15. The Hall–Kier alpha value is -1.06. The minimum atomic E-state index is -0.583. The average molecular weight is 209 g/mol. The number of hydrogen-bond donors (Lipinski definition) is 2. The van der Waals surface area contributed by atoms with Crippen LogP contribution in [0.5, 0.6) is 5.75 Å². The normalized spacial score (nSPS) is 12.5. The first-order valence-electron chi connectivity index (χ1n) is 5.36. The number of aliphatic hydroxyl groups is 1. The first-order valence-corrected chi connectivity index (χ1v) is 5.36. The van der Waals surface area contributed by atoms with Crippen molar-refractivity contribution in [2.45, 2.75) is 25.9 Å². The van der Waals surface area contributed by atoms with Crippen LogP contribution in [-0.2, 0) is 6.42 Å². The molecule has 3 heteroatoms. The molecule has 1 atom stereocenters. The summed E-state index contributed by atoms with van der Waals surface area (Å²) in [6.45, 7) is 2.64. The van der Waals surface area contributed by atoms with E-state index in [9.17, 15) is 5.11 Å². The Morgan fingerprint density at radius 2 is 2.00 bits per heavy atom. The Balaban J connectivity index is 2.42. The van der Waals surface area contributed by atoms with Crippen LogP contribution in [0, 0.1) is 0 Å². The summed E-state index contributed by atoms with van der Waals surface area (Å²) < 4.78 is 5.36. The summed E-state index contributed by atoms with van der Waals surface area (Å²) in [5, 5.41) is 9.21. The van der Waals surface area contributed by atoms with Gasteiger partial charge in [-0.25, -0.2) is 0 Å². The molecule has 0 saturated carbocycles. The number of nitrogens with two attached hydrogens (primary N) is 1. The number of ether oxygens (including phenoxy) is 1. The van der Waals surface area contributed by atoms with Crippen molar-refractivity contribution in [2.24, 2.45) is 5.73 Å². The number of aliphatic hydroxyl groups excluding tert-OH is 1. The van der Waals surface area contributed by atoms with Crippen molar-refractivity contribution in [2.75, 3.05) is 13.2 Å². The van der Waals surface area contributed by atoms with Crippen LogP contribution in [0.25, 0.3) is 0 Å². The summed E-state index contributed by atoms with van der Waals surface area (Å²) in [6, 6.07) is 7.95. The summed E-state index contributed by atoms with van der Waals surface area (Å²) >= 11 is 0. The molecule has 0 aliphatic rings. The van der Waals surface area contributed by atoms with Crippen LogP contribution in [-0.4, -0.2) is 24.4 Å². The summed E-state index contributed by atoms with van der Waals surface area (Å²) in [7, 11) is 0. The molecule has 0 radical (unpaired) electrons. The third-order valence-electron chi connectivity index (χ3n) is 2.18. The van der Waals surface area contributed by atoms with Gasteiger partial charge in [0.25, 0.3) is 0 Å². The third kappa shape index (κ3) is 4.32. The maximum Gasteiger partial charge on any atom is 0.119 e. The lowest BCUT2D eigenvalue weighted by molar-refractivity contribution is 0.114. The van der Waals surface area contributed by atoms with Crippen LogP contribution in [0.3, 0.4) is 0 Å². The Kier molecular flexibility index (Phi) is 5.15. The Labute approximate surface area is 90.9 Å². The van der Waals surface area contributed by atoms with E-state index < -0.39 is 6.10 Å². The molecule has 0 fully saturated rings. The quantitative estimate of drug-likeness (QED) is 0.743. The first kappa shape index (κ1) is 12.0. The van der Waals surface area contributed by atoms with Crippen LogP contribution >= 0.6 is 0 Å². The minimum Gasteiger partial charge on any atom is -0.491 e. The van der Waals surface area contributed by atoms with E-state index in [-0.39, 0.29) is 13.2 Å². The smallest absolute Gasteiger partial charge is 0.119 e. The summed E-state index contributed by atoms with van der Waals surface area (Å²) in [5.74, 6) is 0.780. The second-order valence-electron chi connectivity index (χ2n) is 3.59. The molecule has 15 heavy (non-hydrogen) atoms. The minimum absolute atomic E-state index is 0.230. The van der Waals surface area contributed by atoms with Crippen LogP contribution < -0.4 is 10.5 Å². The maximum absolute atomic E-state index is 9.21. The zero-order chi connectivity index (χ0) is 11.1. The standard InChI is InChI=1S/C12H19NO2/c1-2-3-10-4-6-12(7-5-10)15-9-11(14)8-13/h4-7,11,14H,2-3,8-9,13H2,1H3/t11-/m0/s1. The molecule has 0 aliphatic heterocycles. The molecule has 84 valence electrons. The van der Waals surface area contributed by atoms with Gasteiger partial charge in [0, 0.05) is 6.54 Å². The van der Waals surface area contributed by atoms with Crippen molar-refractivity contribution in [1.29, 1.82) is 0 Å². The lowest BCUT2D eigenvalue weighted by Crippen LogP contribution is -2.26. The Bertz CT molecular complexity index is 271. The molecule has 0 saturated heterocycles. The molecule has 0 aromatic heterocycles. The molecule has 1 aromatic rings. The lowest BCUT2D eigenvalue weighted by Gasteiger charge is -2.10. The van der Waals surface area contributed by atoms with E-state index in [1.165, 1.54) is 5.56 Å². The molecule has 0 spiro atoms. The van der Waals surface area contributed by atoms with Crippen molar-refractivity contribution in [1.82, 2.24) is 0 Å². The van der Waals surface area contributed by atoms with Crippen LogP contribution in [0.1, 0.15) is 18.9 Å². The van der Waals surface area contributed by atoms with Crippen molar-refractivity contribution >= 4 is 0 Å². The van der Waals surface area contributed by atoms with Gasteiger partial charge in [0.1, 0.15) is 18.5 Å². The predicted octanol–water partition coefficient (Wildman–Crippen LogP) is 1.34. The monoisotopic (exact) mass is 209 g/mol. The molecular formula is C12H19NO2. The molecule has 0 aliphatic carbocycles. The van der Waals surface area contributed by atoms with Crippen molar-refractivity contribution in [3.05, 3.63) is 29.8 Å². The topological polar surface area (TPSA) is 55.5 Å². The SMILES string of the molecule is CCCc1ccc(OC[C@@H](O)CN)cc1. The Morgan fingerprint density at radius 3 is 2.53 bits per heavy atom. The highest BCUT2D eigenvalue weighted by atomic mass is 16.5. The number of benzene rings is 1. The highest BCUT2D eigenvalue weighted by Gasteiger charge is 2.01. The Morgan fingerprint density at radius 1 is 1.33 bits per heavy atom. The largest absolute Gasteiger partial charge is 0.491 e. The molecule has 0 unspecified atom stereocenters. The molecule has 0 amide bonds. The van der Waals surface area contributed by atoms with Gasteiger partial charge >= 0.3 is 0 Å².